The van der Waals surface area contributed by atoms with E-state index in [0.717, 1.165) is 30.8 Å². The molecule has 108 valence electrons. The standard InChI is InChI=1S/C17H24N2O/c1-4-10-19-13-16(14(2)3)12-15-5-7-17(8-6-15)20-11-9-18/h5-8,12,14,19H,4,10-11,13H2,1-3H3. The molecule has 0 spiro atoms. The van der Waals surface area contributed by atoms with Crippen LogP contribution >= 0.6 is 0 Å². The molecule has 0 saturated carbocycles. The van der Waals surface area contributed by atoms with E-state index in [-0.39, 0.29) is 6.61 Å². The molecule has 0 bridgehead atoms. The van der Waals surface area contributed by atoms with Crippen LogP contribution in [0.2, 0.25) is 0 Å². The van der Waals surface area contributed by atoms with Crippen LogP contribution in [-0.2, 0) is 0 Å². The van der Waals surface area contributed by atoms with Crippen LogP contribution in [0, 0.1) is 17.2 Å². The van der Waals surface area contributed by atoms with Crippen molar-refractivity contribution in [2.24, 2.45) is 5.92 Å². The minimum absolute atomic E-state index is 0.0906. The molecule has 20 heavy (non-hydrogen) atoms. The SMILES string of the molecule is CCCNCC(=Cc1ccc(OCC#N)cc1)C(C)C. The molecular formula is C17H24N2O. The van der Waals surface area contributed by atoms with Crippen molar-refractivity contribution < 1.29 is 4.74 Å². The Morgan fingerprint density at radius 3 is 2.60 bits per heavy atom. The fourth-order valence-electron chi connectivity index (χ4n) is 1.82. The van der Waals surface area contributed by atoms with Gasteiger partial charge in [0.25, 0.3) is 0 Å². The molecule has 1 aromatic rings. The van der Waals surface area contributed by atoms with Gasteiger partial charge in [-0.05, 0) is 36.6 Å². The second kappa shape index (κ2) is 9.17. The van der Waals surface area contributed by atoms with Gasteiger partial charge in [0, 0.05) is 6.54 Å². The molecule has 0 amide bonds. The third-order valence-electron chi connectivity index (χ3n) is 3.03. The first kappa shape index (κ1) is 16.3. The van der Waals surface area contributed by atoms with Crippen molar-refractivity contribution in [1.82, 2.24) is 5.32 Å². The first-order chi connectivity index (χ1) is 9.67. The van der Waals surface area contributed by atoms with Crippen LogP contribution in [0.5, 0.6) is 5.75 Å². The van der Waals surface area contributed by atoms with Crippen molar-refractivity contribution in [2.45, 2.75) is 27.2 Å². The lowest BCUT2D eigenvalue weighted by atomic mass is 10.00. The van der Waals surface area contributed by atoms with Crippen molar-refractivity contribution in [1.29, 1.82) is 5.26 Å². The topological polar surface area (TPSA) is 45.0 Å². The Morgan fingerprint density at radius 2 is 2.05 bits per heavy atom. The Morgan fingerprint density at radius 1 is 1.35 bits per heavy atom. The highest BCUT2D eigenvalue weighted by Crippen LogP contribution is 2.17. The molecule has 0 aliphatic carbocycles. The number of ether oxygens (including phenoxy) is 1. The highest BCUT2D eigenvalue weighted by atomic mass is 16.5. The zero-order valence-corrected chi connectivity index (χ0v) is 12.6. The van der Waals surface area contributed by atoms with E-state index in [1.807, 2.05) is 30.3 Å². The summed E-state index contributed by atoms with van der Waals surface area (Å²) in [4.78, 5) is 0. The predicted molar refractivity (Wildman–Crippen MR) is 83.5 cm³/mol. The number of nitriles is 1. The first-order valence-electron chi connectivity index (χ1n) is 7.18. The largest absolute Gasteiger partial charge is 0.479 e. The highest BCUT2D eigenvalue weighted by molar-refractivity contribution is 5.54. The molecular weight excluding hydrogens is 248 g/mol. The summed E-state index contributed by atoms with van der Waals surface area (Å²) in [7, 11) is 0. The Hall–Kier alpha value is -1.79. The molecule has 0 radical (unpaired) electrons. The van der Waals surface area contributed by atoms with Crippen LogP contribution in [0.3, 0.4) is 0 Å². The maximum atomic E-state index is 8.47. The summed E-state index contributed by atoms with van der Waals surface area (Å²) < 4.78 is 5.25. The summed E-state index contributed by atoms with van der Waals surface area (Å²) in [6.07, 6.45) is 3.37. The quantitative estimate of drug-likeness (QED) is 0.735. The van der Waals surface area contributed by atoms with Gasteiger partial charge in [0.05, 0.1) is 0 Å². The number of hydrogen-bond acceptors (Lipinski definition) is 3. The Bertz CT molecular complexity index is 455. The molecule has 0 fully saturated rings. The number of nitrogens with one attached hydrogen (secondary N) is 1. The second-order valence-electron chi connectivity index (χ2n) is 5.07. The van der Waals surface area contributed by atoms with Crippen molar-refractivity contribution in [3.8, 4) is 11.8 Å². The lowest BCUT2D eigenvalue weighted by Crippen LogP contribution is -2.19. The number of nitrogens with zero attached hydrogens (tertiary/aromatic N) is 1. The maximum Gasteiger partial charge on any atom is 0.174 e. The molecule has 1 rings (SSSR count). The monoisotopic (exact) mass is 272 g/mol. The van der Waals surface area contributed by atoms with Gasteiger partial charge in [0.15, 0.2) is 6.61 Å². The van der Waals surface area contributed by atoms with E-state index >= 15 is 0 Å². The van der Waals surface area contributed by atoms with Gasteiger partial charge < -0.3 is 10.1 Å². The van der Waals surface area contributed by atoms with E-state index in [1.165, 1.54) is 5.57 Å². The highest BCUT2D eigenvalue weighted by Gasteiger charge is 2.03. The third kappa shape index (κ3) is 5.90. The molecule has 3 heteroatoms. The third-order valence-corrected chi connectivity index (χ3v) is 3.03. The van der Waals surface area contributed by atoms with Crippen LogP contribution in [-0.4, -0.2) is 19.7 Å². The van der Waals surface area contributed by atoms with Gasteiger partial charge >= 0.3 is 0 Å². The number of rotatable bonds is 8. The molecule has 0 heterocycles. The molecule has 0 atom stereocenters. The lowest BCUT2D eigenvalue weighted by molar-refractivity contribution is 0.368. The fourth-order valence-corrected chi connectivity index (χ4v) is 1.82. The summed E-state index contributed by atoms with van der Waals surface area (Å²) >= 11 is 0. The van der Waals surface area contributed by atoms with Gasteiger partial charge in [0.2, 0.25) is 0 Å². The van der Waals surface area contributed by atoms with Gasteiger partial charge in [-0.2, -0.15) is 5.26 Å². The van der Waals surface area contributed by atoms with E-state index < -0.39 is 0 Å². The molecule has 3 nitrogen and oxygen atoms in total. The number of hydrogen-bond donors (Lipinski definition) is 1. The van der Waals surface area contributed by atoms with Crippen molar-refractivity contribution in [3.05, 3.63) is 35.4 Å². The summed E-state index contributed by atoms with van der Waals surface area (Å²) in [5, 5.41) is 11.9. The van der Waals surface area contributed by atoms with Crippen LogP contribution in [0.1, 0.15) is 32.8 Å². The molecule has 0 aliphatic rings. The molecule has 0 aliphatic heterocycles. The van der Waals surface area contributed by atoms with Crippen LogP contribution in [0.15, 0.2) is 29.8 Å². The van der Waals surface area contributed by atoms with E-state index in [1.54, 1.807) is 0 Å². The smallest absolute Gasteiger partial charge is 0.174 e. The molecule has 0 saturated heterocycles. The maximum absolute atomic E-state index is 8.47. The molecule has 0 unspecified atom stereocenters. The fraction of sp³-hybridized carbons (Fsp3) is 0.471. The van der Waals surface area contributed by atoms with E-state index in [2.05, 4.69) is 32.2 Å². The van der Waals surface area contributed by atoms with Gasteiger partial charge in [0.1, 0.15) is 11.8 Å². The van der Waals surface area contributed by atoms with Gasteiger partial charge in [-0.15, -0.1) is 0 Å². The lowest BCUT2D eigenvalue weighted by Gasteiger charge is -2.13. The van der Waals surface area contributed by atoms with Crippen molar-refractivity contribution in [3.63, 3.8) is 0 Å². The number of benzene rings is 1. The predicted octanol–water partition coefficient (Wildman–Crippen LogP) is 3.63. The van der Waals surface area contributed by atoms with Crippen LogP contribution in [0.25, 0.3) is 6.08 Å². The second-order valence-corrected chi connectivity index (χ2v) is 5.07. The Balaban J connectivity index is 2.70. The van der Waals surface area contributed by atoms with E-state index in [0.29, 0.717) is 5.92 Å². The summed E-state index contributed by atoms with van der Waals surface area (Å²) in [5.74, 6) is 1.26. The zero-order chi connectivity index (χ0) is 14.8. The normalized spacial score (nSPS) is 11.4. The molecule has 1 aromatic carbocycles. The van der Waals surface area contributed by atoms with Gasteiger partial charge in [-0.1, -0.05) is 44.6 Å². The van der Waals surface area contributed by atoms with Crippen LogP contribution in [0.4, 0.5) is 0 Å². The average Bonchev–Trinajstić information content (AvgIpc) is 2.45. The van der Waals surface area contributed by atoms with Crippen molar-refractivity contribution >= 4 is 6.08 Å². The Labute approximate surface area is 122 Å². The first-order valence-corrected chi connectivity index (χ1v) is 7.18. The van der Waals surface area contributed by atoms with Crippen molar-refractivity contribution in [2.75, 3.05) is 19.7 Å². The van der Waals surface area contributed by atoms with E-state index in [4.69, 9.17) is 10.00 Å². The zero-order valence-electron chi connectivity index (χ0n) is 12.6. The average molecular weight is 272 g/mol. The summed E-state index contributed by atoms with van der Waals surface area (Å²) in [6.45, 7) is 8.66. The van der Waals surface area contributed by atoms with E-state index in [9.17, 15) is 0 Å². The van der Waals surface area contributed by atoms with Gasteiger partial charge in [-0.3, -0.25) is 0 Å². The minimum Gasteiger partial charge on any atom is -0.479 e. The summed E-state index contributed by atoms with van der Waals surface area (Å²) in [5.41, 5.74) is 2.56. The molecule has 0 aromatic heterocycles. The Kier molecular flexibility index (Phi) is 7.46. The van der Waals surface area contributed by atoms with Crippen LogP contribution < -0.4 is 10.1 Å². The van der Waals surface area contributed by atoms with Gasteiger partial charge in [-0.25, -0.2) is 0 Å². The summed E-state index contributed by atoms with van der Waals surface area (Å²) in [6, 6.07) is 9.82. The minimum atomic E-state index is 0.0906. The molecule has 1 N–H and O–H groups in total.